The first-order valence-electron chi connectivity index (χ1n) is 10.0. The molecule has 1 fully saturated rings. The van der Waals surface area contributed by atoms with Gasteiger partial charge in [0.25, 0.3) is 0 Å². The number of H-pyrrole nitrogens is 1. The first-order chi connectivity index (χ1) is 14.6. The quantitative estimate of drug-likeness (QED) is 0.470. The second-order valence-electron chi connectivity index (χ2n) is 7.81. The second kappa shape index (κ2) is 7.32. The van der Waals surface area contributed by atoms with Crippen molar-refractivity contribution in [1.82, 2.24) is 19.4 Å². The summed E-state index contributed by atoms with van der Waals surface area (Å²) in [5, 5.41) is 1.68. The molecule has 154 valence electrons. The van der Waals surface area contributed by atoms with Gasteiger partial charge >= 0.3 is 5.97 Å². The monoisotopic (exact) mass is 423 g/mol. The molecular formula is C22H22ClN5O2. The number of anilines is 1. The first-order valence-corrected chi connectivity index (χ1v) is 10.4. The second-order valence-corrected chi connectivity index (χ2v) is 8.22. The van der Waals surface area contributed by atoms with Gasteiger partial charge in [0.2, 0.25) is 0 Å². The molecule has 0 bridgehead atoms. The maximum absolute atomic E-state index is 11.9. The van der Waals surface area contributed by atoms with Crippen LogP contribution in [0.15, 0.2) is 36.7 Å². The summed E-state index contributed by atoms with van der Waals surface area (Å²) in [4.78, 5) is 24.6. The molecule has 5 rings (SSSR count). The Labute approximate surface area is 178 Å². The molecule has 8 heteroatoms. The highest BCUT2D eigenvalue weighted by Crippen LogP contribution is 2.39. The molecule has 7 nitrogen and oxygen atoms in total. The Bertz CT molecular complexity index is 1250. The van der Waals surface area contributed by atoms with Gasteiger partial charge in [-0.2, -0.15) is 0 Å². The lowest BCUT2D eigenvalue weighted by Crippen LogP contribution is -2.23. The number of nitrogens with zero attached hydrogens (tertiary/aromatic N) is 3. The van der Waals surface area contributed by atoms with Gasteiger partial charge in [-0.25, -0.2) is 9.97 Å². The SMILES string of the molecule is COC(=O)[C@H]1CC[C@@H](c2nc(-c3cc4cccc(Cl)c4[nH]3)c3c(N)nccn32)CC1. The molecule has 3 heterocycles. The minimum absolute atomic E-state index is 0.0282. The Kier molecular flexibility index (Phi) is 4.62. The average Bonchev–Trinajstić information content (AvgIpc) is 3.37. The summed E-state index contributed by atoms with van der Waals surface area (Å²) in [6, 6.07) is 7.83. The summed E-state index contributed by atoms with van der Waals surface area (Å²) < 4.78 is 6.95. The number of hydrogen-bond acceptors (Lipinski definition) is 5. The minimum Gasteiger partial charge on any atom is -0.469 e. The van der Waals surface area contributed by atoms with Gasteiger partial charge in [-0.15, -0.1) is 0 Å². The van der Waals surface area contributed by atoms with Gasteiger partial charge in [-0.1, -0.05) is 23.7 Å². The number of nitrogen functional groups attached to an aromatic ring is 1. The van der Waals surface area contributed by atoms with Gasteiger partial charge in [0.1, 0.15) is 22.9 Å². The summed E-state index contributed by atoms with van der Waals surface area (Å²) in [6.45, 7) is 0. The highest BCUT2D eigenvalue weighted by atomic mass is 35.5. The van der Waals surface area contributed by atoms with Crippen LogP contribution >= 0.6 is 11.6 Å². The fourth-order valence-corrected chi connectivity index (χ4v) is 4.79. The highest BCUT2D eigenvalue weighted by Gasteiger charge is 2.31. The van der Waals surface area contributed by atoms with Crippen molar-refractivity contribution in [2.24, 2.45) is 5.92 Å². The Hall–Kier alpha value is -3.06. The van der Waals surface area contributed by atoms with Crippen LogP contribution in [0, 0.1) is 5.92 Å². The van der Waals surface area contributed by atoms with Crippen LogP contribution in [0.2, 0.25) is 5.02 Å². The van der Waals surface area contributed by atoms with Gasteiger partial charge in [-0.05, 0) is 37.8 Å². The van der Waals surface area contributed by atoms with E-state index in [0.29, 0.717) is 10.8 Å². The number of benzene rings is 1. The van der Waals surface area contributed by atoms with Crippen LogP contribution in [-0.2, 0) is 9.53 Å². The largest absolute Gasteiger partial charge is 0.469 e. The Morgan fingerprint density at radius 2 is 2.10 bits per heavy atom. The van der Waals surface area contributed by atoms with E-state index in [9.17, 15) is 4.79 Å². The molecule has 1 aliphatic rings. The van der Waals surface area contributed by atoms with Crippen molar-refractivity contribution in [3.05, 3.63) is 47.5 Å². The molecule has 1 aliphatic carbocycles. The van der Waals surface area contributed by atoms with Crippen LogP contribution in [0.25, 0.3) is 27.8 Å². The van der Waals surface area contributed by atoms with Crippen LogP contribution < -0.4 is 5.73 Å². The van der Waals surface area contributed by atoms with Crippen LogP contribution in [-0.4, -0.2) is 32.4 Å². The molecule has 0 radical (unpaired) electrons. The van der Waals surface area contributed by atoms with Crippen LogP contribution in [0.3, 0.4) is 0 Å². The molecule has 30 heavy (non-hydrogen) atoms. The maximum atomic E-state index is 11.9. The Morgan fingerprint density at radius 1 is 1.30 bits per heavy atom. The number of methoxy groups -OCH3 is 1. The van der Waals surface area contributed by atoms with E-state index in [0.717, 1.165) is 59.3 Å². The molecule has 0 amide bonds. The lowest BCUT2D eigenvalue weighted by Gasteiger charge is -2.26. The van der Waals surface area contributed by atoms with Gasteiger partial charge in [0.05, 0.1) is 29.3 Å². The lowest BCUT2D eigenvalue weighted by atomic mass is 9.81. The third-order valence-electron chi connectivity index (χ3n) is 6.10. The third kappa shape index (κ3) is 3.01. The summed E-state index contributed by atoms with van der Waals surface area (Å²) >= 11 is 6.35. The van der Waals surface area contributed by atoms with E-state index in [2.05, 4.69) is 9.97 Å². The Morgan fingerprint density at radius 3 is 2.83 bits per heavy atom. The van der Waals surface area contributed by atoms with E-state index in [1.165, 1.54) is 7.11 Å². The van der Waals surface area contributed by atoms with E-state index < -0.39 is 0 Å². The first kappa shape index (κ1) is 18.9. The number of rotatable bonds is 3. The standard InChI is InChI=1S/C22H22ClN5O2/c1-30-22(29)13-7-5-12(6-8-13)21-27-18(19-20(24)25-9-10-28(19)21)16-11-14-3-2-4-15(23)17(14)26-16/h2-4,9-13,26H,5-8H2,1H3,(H2,24,25)/t12-,13+. The van der Waals surface area contributed by atoms with Crippen molar-refractivity contribution in [1.29, 1.82) is 0 Å². The number of aromatic nitrogens is 4. The number of nitrogens with one attached hydrogen (secondary N) is 1. The van der Waals surface area contributed by atoms with Crippen LogP contribution in [0.4, 0.5) is 5.82 Å². The number of imidazole rings is 1. The summed E-state index contributed by atoms with van der Waals surface area (Å²) in [5.41, 5.74) is 9.54. The zero-order valence-corrected chi connectivity index (χ0v) is 17.3. The summed E-state index contributed by atoms with van der Waals surface area (Å²) in [6.07, 6.45) is 6.94. The number of carbonyl (C=O) groups is 1. The molecule has 4 aromatic rings. The van der Waals surface area contributed by atoms with Gasteiger partial charge in [0, 0.05) is 23.7 Å². The molecule has 0 saturated heterocycles. The molecule has 0 aliphatic heterocycles. The van der Waals surface area contributed by atoms with E-state index in [-0.39, 0.29) is 17.8 Å². The van der Waals surface area contributed by atoms with E-state index in [1.54, 1.807) is 6.20 Å². The van der Waals surface area contributed by atoms with E-state index in [1.807, 2.05) is 34.9 Å². The smallest absolute Gasteiger partial charge is 0.308 e. The molecule has 3 aromatic heterocycles. The molecule has 1 saturated carbocycles. The lowest BCUT2D eigenvalue weighted by molar-refractivity contribution is -0.146. The third-order valence-corrected chi connectivity index (χ3v) is 6.41. The number of ether oxygens (including phenoxy) is 1. The number of hydrogen-bond donors (Lipinski definition) is 2. The van der Waals surface area contributed by atoms with Crippen LogP contribution in [0.5, 0.6) is 0 Å². The van der Waals surface area contributed by atoms with Gasteiger partial charge < -0.3 is 15.5 Å². The normalized spacial score (nSPS) is 19.4. The fourth-order valence-electron chi connectivity index (χ4n) is 4.56. The number of nitrogens with two attached hydrogens (primary N) is 1. The van der Waals surface area contributed by atoms with Crippen molar-refractivity contribution >= 4 is 39.8 Å². The van der Waals surface area contributed by atoms with E-state index >= 15 is 0 Å². The topological polar surface area (TPSA) is 98.3 Å². The average molecular weight is 424 g/mol. The van der Waals surface area contributed by atoms with Gasteiger partial charge in [0.15, 0.2) is 0 Å². The molecule has 3 N–H and O–H groups in total. The molecule has 0 unspecified atom stereocenters. The number of halogens is 1. The number of aromatic amines is 1. The number of para-hydroxylation sites is 1. The molecule has 0 spiro atoms. The van der Waals surface area contributed by atoms with Gasteiger partial charge in [-0.3, -0.25) is 9.20 Å². The van der Waals surface area contributed by atoms with Crippen LogP contribution in [0.1, 0.15) is 37.4 Å². The number of esters is 1. The fraction of sp³-hybridized carbons (Fsp3) is 0.318. The molecular weight excluding hydrogens is 402 g/mol. The summed E-state index contributed by atoms with van der Waals surface area (Å²) in [7, 11) is 1.45. The maximum Gasteiger partial charge on any atom is 0.308 e. The molecule has 1 aromatic carbocycles. The highest BCUT2D eigenvalue weighted by molar-refractivity contribution is 6.35. The zero-order valence-electron chi connectivity index (χ0n) is 16.6. The number of carbonyl (C=O) groups excluding carboxylic acids is 1. The van der Waals surface area contributed by atoms with Crippen molar-refractivity contribution in [2.75, 3.05) is 12.8 Å². The molecule has 0 atom stereocenters. The Balaban J connectivity index is 1.59. The predicted octanol–water partition coefficient (Wildman–Crippen LogP) is 4.56. The summed E-state index contributed by atoms with van der Waals surface area (Å²) in [5.74, 6) is 1.47. The van der Waals surface area contributed by atoms with Crippen molar-refractivity contribution in [3.63, 3.8) is 0 Å². The van der Waals surface area contributed by atoms with Crippen molar-refractivity contribution < 1.29 is 9.53 Å². The number of fused-ring (bicyclic) bond motifs is 2. The van der Waals surface area contributed by atoms with E-state index in [4.69, 9.17) is 27.1 Å². The van der Waals surface area contributed by atoms with Crippen molar-refractivity contribution in [2.45, 2.75) is 31.6 Å². The van der Waals surface area contributed by atoms with Crippen molar-refractivity contribution in [3.8, 4) is 11.4 Å². The predicted molar refractivity (Wildman–Crippen MR) is 116 cm³/mol. The zero-order chi connectivity index (χ0) is 20.8. The minimum atomic E-state index is -0.120.